The zero-order valence-corrected chi connectivity index (χ0v) is 25.1. The van der Waals surface area contributed by atoms with E-state index in [9.17, 15) is 18.0 Å². The summed E-state index contributed by atoms with van der Waals surface area (Å²) in [6.45, 7) is 3.95. The maximum absolute atomic E-state index is 14.2. The molecule has 0 spiro atoms. The van der Waals surface area contributed by atoms with E-state index in [1.54, 1.807) is 12.1 Å². The van der Waals surface area contributed by atoms with Crippen LogP contribution in [0.4, 0.5) is 5.69 Å². The molecule has 1 unspecified atom stereocenters. The summed E-state index contributed by atoms with van der Waals surface area (Å²) in [6, 6.07) is 20.9. The number of anilines is 1. The number of hydrogen-bond acceptors (Lipinski definition) is 6. The molecule has 0 saturated heterocycles. The fraction of sp³-hybridized carbons (Fsp3) is 0.355. The number of carbonyl (C=O) groups excluding carboxylic acids is 2. The third-order valence-corrected chi connectivity index (χ3v) is 7.72. The van der Waals surface area contributed by atoms with Gasteiger partial charge in [-0.1, -0.05) is 67.1 Å². The maximum Gasteiger partial charge on any atom is 0.244 e. The first kappa shape index (κ1) is 31.5. The summed E-state index contributed by atoms with van der Waals surface area (Å²) in [4.78, 5) is 29.2. The van der Waals surface area contributed by atoms with Crippen molar-refractivity contribution < 1.29 is 27.5 Å². The highest BCUT2D eigenvalue weighted by atomic mass is 32.2. The van der Waals surface area contributed by atoms with Gasteiger partial charge in [0, 0.05) is 25.6 Å². The topological polar surface area (TPSA) is 105 Å². The largest absolute Gasteiger partial charge is 0.497 e. The van der Waals surface area contributed by atoms with Crippen LogP contribution in [-0.4, -0.2) is 64.7 Å². The molecular formula is C31H39N3O6S. The van der Waals surface area contributed by atoms with E-state index in [-0.39, 0.29) is 30.3 Å². The smallest absolute Gasteiger partial charge is 0.244 e. The van der Waals surface area contributed by atoms with Gasteiger partial charge in [0.15, 0.2) is 0 Å². The van der Waals surface area contributed by atoms with E-state index in [0.717, 1.165) is 33.7 Å². The summed E-state index contributed by atoms with van der Waals surface area (Å²) in [6.07, 6.45) is 2.03. The van der Waals surface area contributed by atoms with Crippen molar-refractivity contribution in [2.24, 2.45) is 0 Å². The minimum atomic E-state index is -3.93. The van der Waals surface area contributed by atoms with Crippen LogP contribution in [0.25, 0.3) is 0 Å². The molecule has 9 nitrogen and oxygen atoms in total. The highest BCUT2D eigenvalue weighted by Crippen LogP contribution is 2.33. The molecule has 0 saturated carbocycles. The average molecular weight is 582 g/mol. The Hall–Kier alpha value is -4.05. The molecule has 1 atom stereocenters. The summed E-state index contributed by atoms with van der Waals surface area (Å²) >= 11 is 0. The molecule has 0 aliphatic heterocycles. The maximum atomic E-state index is 14.2. The number of methoxy groups -OCH3 is 2. The van der Waals surface area contributed by atoms with Crippen molar-refractivity contribution in [1.82, 2.24) is 10.2 Å². The molecule has 41 heavy (non-hydrogen) atoms. The number of rotatable bonds is 14. The Bertz CT molecular complexity index is 1430. The first-order valence-electron chi connectivity index (χ1n) is 13.4. The van der Waals surface area contributed by atoms with Gasteiger partial charge in [-0.05, 0) is 36.6 Å². The lowest BCUT2D eigenvalue weighted by Gasteiger charge is -2.33. The highest BCUT2D eigenvalue weighted by molar-refractivity contribution is 7.92. The Labute approximate surface area is 243 Å². The predicted octanol–water partition coefficient (Wildman–Crippen LogP) is 3.94. The fourth-order valence-corrected chi connectivity index (χ4v) is 5.37. The van der Waals surface area contributed by atoms with Gasteiger partial charge in [0.2, 0.25) is 21.8 Å². The zero-order chi connectivity index (χ0) is 30.0. The Morgan fingerprint density at radius 1 is 0.927 bits per heavy atom. The normalized spacial score (nSPS) is 11.8. The molecule has 3 aromatic carbocycles. The molecule has 0 aliphatic carbocycles. The Morgan fingerprint density at radius 2 is 1.63 bits per heavy atom. The minimum absolute atomic E-state index is 0.120. The summed E-state index contributed by atoms with van der Waals surface area (Å²) in [7, 11) is -1.03. The van der Waals surface area contributed by atoms with Gasteiger partial charge >= 0.3 is 0 Å². The van der Waals surface area contributed by atoms with E-state index < -0.39 is 28.5 Å². The first-order valence-corrected chi connectivity index (χ1v) is 15.3. The third kappa shape index (κ3) is 8.72. The number of hydrogen-bond donors (Lipinski definition) is 1. The number of ether oxygens (including phenoxy) is 2. The van der Waals surface area contributed by atoms with Gasteiger partial charge in [0.1, 0.15) is 24.1 Å². The standard InChI is InChI=1S/C31H39N3O6S/c1-6-17-32-31(36)28(19-24-12-8-7-9-13-24)33(21-25-14-10-11-23(2)18-25)30(35)22-34(41(5,37)38)27-16-15-26(39-3)20-29(27)40-4/h7-16,18,20,28H,6,17,19,21-22H2,1-5H3,(H,32,36). The van der Waals surface area contributed by atoms with Crippen molar-refractivity contribution >= 4 is 27.5 Å². The number of amides is 2. The number of carbonyl (C=O) groups is 2. The van der Waals surface area contributed by atoms with Crippen molar-refractivity contribution in [3.63, 3.8) is 0 Å². The summed E-state index contributed by atoms with van der Waals surface area (Å²) < 4.78 is 37.8. The average Bonchev–Trinajstić information content (AvgIpc) is 2.96. The van der Waals surface area contributed by atoms with Gasteiger partial charge in [-0.25, -0.2) is 8.42 Å². The quantitative estimate of drug-likeness (QED) is 0.309. The highest BCUT2D eigenvalue weighted by Gasteiger charge is 2.33. The van der Waals surface area contributed by atoms with Crippen molar-refractivity contribution in [2.75, 3.05) is 37.9 Å². The lowest BCUT2D eigenvalue weighted by atomic mass is 10.0. The van der Waals surface area contributed by atoms with E-state index in [0.29, 0.717) is 12.3 Å². The second-order valence-electron chi connectivity index (χ2n) is 9.81. The van der Waals surface area contributed by atoms with Crippen molar-refractivity contribution in [3.05, 3.63) is 89.5 Å². The Kier molecular flexibility index (Phi) is 11.2. The molecule has 10 heteroatoms. The van der Waals surface area contributed by atoms with Crippen LogP contribution in [0, 0.1) is 6.92 Å². The zero-order valence-electron chi connectivity index (χ0n) is 24.3. The Morgan fingerprint density at radius 3 is 2.24 bits per heavy atom. The second-order valence-corrected chi connectivity index (χ2v) is 11.7. The Balaban J connectivity index is 2.08. The molecule has 0 bridgehead atoms. The van der Waals surface area contributed by atoms with E-state index in [4.69, 9.17) is 9.47 Å². The van der Waals surface area contributed by atoms with Gasteiger partial charge in [-0.2, -0.15) is 0 Å². The van der Waals surface area contributed by atoms with Crippen molar-refractivity contribution in [3.8, 4) is 11.5 Å². The van der Waals surface area contributed by atoms with Crippen LogP contribution in [0.2, 0.25) is 0 Å². The van der Waals surface area contributed by atoms with E-state index in [2.05, 4.69) is 5.32 Å². The first-order chi connectivity index (χ1) is 19.6. The van der Waals surface area contributed by atoms with Gasteiger partial charge in [0.05, 0.1) is 26.2 Å². The second kappa shape index (κ2) is 14.5. The summed E-state index contributed by atoms with van der Waals surface area (Å²) in [5.74, 6) is -0.122. The molecule has 0 aromatic heterocycles. The number of sulfonamides is 1. The van der Waals surface area contributed by atoms with Crippen LogP contribution >= 0.6 is 0 Å². The van der Waals surface area contributed by atoms with Gasteiger partial charge < -0.3 is 19.7 Å². The number of nitrogens with zero attached hydrogens (tertiary/aromatic N) is 2. The van der Waals surface area contributed by atoms with Crippen LogP contribution in [0.5, 0.6) is 11.5 Å². The number of aryl methyl sites for hydroxylation is 1. The van der Waals surface area contributed by atoms with Crippen LogP contribution in [-0.2, 0) is 32.6 Å². The molecule has 0 aliphatic rings. The number of benzene rings is 3. The molecule has 1 N–H and O–H groups in total. The van der Waals surface area contributed by atoms with E-state index in [1.165, 1.54) is 25.2 Å². The van der Waals surface area contributed by atoms with Crippen molar-refractivity contribution in [2.45, 2.75) is 39.3 Å². The molecular weight excluding hydrogens is 542 g/mol. The molecule has 2 amide bonds. The van der Waals surface area contributed by atoms with Gasteiger partial charge in [-0.3, -0.25) is 13.9 Å². The van der Waals surface area contributed by atoms with Gasteiger partial charge in [0.25, 0.3) is 0 Å². The predicted molar refractivity (Wildman–Crippen MR) is 161 cm³/mol. The molecule has 0 fully saturated rings. The van der Waals surface area contributed by atoms with E-state index >= 15 is 0 Å². The third-order valence-electron chi connectivity index (χ3n) is 6.59. The van der Waals surface area contributed by atoms with Crippen LogP contribution in [0.1, 0.15) is 30.0 Å². The van der Waals surface area contributed by atoms with Crippen molar-refractivity contribution in [1.29, 1.82) is 0 Å². The fourth-order valence-electron chi connectivity index (χ4n) is 4.51. The lowest BCUT2D eigenvalue weighted by Crippen LogP contribution is -2.53. The summed E-state index contributed by atoms with van der Waals surface area (Å²) in [5.41, 5.74) is 2.90. The van der Waals surface area contributed by atoms with Crippen LogP contribution in [0.15, 0.2) is 72.8 Å². The number of nitrogens with one attached hydrogen (secondary N) is 1. The molecule has 3 rings (SSSR count). The lowest BCUT2D eigenvalue weighted by molar-refractivity contribution is -0.140. The molecule has 3 aromatic rings. The SMILES string of the molecule is CCCNC(=O)C(Cc1ccccc1)N(Cc1cccc(C)c1)C(=O)CN(c1ccc(OC)cc1OC)S(C)(=O)=O. The van der Waals surface area contributed by atoms with Crippen LogP contribution in [0.3, 0.4) is 0 Å². The molecule has 0 radical (unpaired) electrons. The molecule has 220 valence electrons. The van der Waals surface area contributed by atoms with Crippen LogP contribution < -0.4 is 19.1 Å². The summed E-state index contributed by atoms with van der Waals surface area (Å²) in [5, 5.41) is 2.93. The van der Waals surface area contributed by atoms with Gasteiger partial charge in [-0.15, -0.1) is 0 Å². The monoisotopic (exact) mass is 581 g/mol. The molecule has 0 heterocycles. The van der Waals surface area contributed by atoms with E-state index in [1.807, 2.05) is 68.4 Å². The minimum Gasteiger partial charge on any atom is -0.497 e.